The van der Waals surface area contributed by atoms with Crippen LogP contribution in [0.25, 0.3) is 0 Å². The number of hydrazone groups is 1. The van der Waals surface area contributed by atoms with Gasteiger partial charge in [-0.15, -0.1) is 0 Å². The van der Waals surface area contributed by atoms with Crippen molar-refractivity contribution in [3.05, 3.63) is 87.4 Å². The quantitative estimate of drug-likeness (QED) is 0.258. The number of methoxy groups -OCH3 is 1. The molecule has 3 rings (SSSR count). The third kappa shape index (κ3) is 7.90. The summed E-state index contributed by atoms with van der Waals surface area (Å²) in [5, 5.41) is 7.33. The van der Waals surface area contributed by atoms with E-state index >= 15 is 0 Å². The minimum atomic E-state index is -0.361. The fraction of sp³-hybridized carbons (Fsp3) is 0.160. The number of anilines is 1. The summed E-state index contributed by atoms with van der Waals surface area (Å²) in [6.45, 7) is 0.341. The van der Waals surface area contributed by atoms with Crippen LogP contribution in [0.4, 0.5) is 5.69 Å². The molecule has 0 aliphatic carbocycles. The maximum absolute atomic E-state index is 12.0. The summed E-state index contributed by atoms with van der Waals surface area (Å²) in [5.41, 5.74) is 4.71. The normalized spacial score (nSPS) is 10.7. The Kier molecular flexibility index (Phi) is 9.49. The van der Waals surface area contributed by atoms with Gasteiger partial charge in [-0.25, -0.2) is 5.43 Å². The van der Waals surface area contributed by atoms with Crippen molar-refractivity contribution >= 4 is 51.2 Å². The first-order valence-electron chi connectivity index (χ1n) is 10.4. The van der Waals surface area contributed by atoms with Crippen LogP contribution in [0.15, 0.2) is 76.3 Å². The Morgan fingerprint density at radius 2 is 1.76 bits per heavy atom. The van der Waals surface area contributed by atoms with Crippen molar-refractivity contribution in [2.45, 2.75) is 19.4 Å². The second-order valence-electron chi connectivity index (χ2n) is 7.14. The van der Waals surface area contributed by atoms with Gasteiger partial charge in [0, 0.05) is 29.1 Å². The van der Waals surface area contributed by atoms with Crippen molar-refractivity contribution in [2.75, 3.05) is 12.4 Å². The lowest BCUT2D eigenvalue weighted by Gasteiger charge is -2.10. The highest BCUT2D eigenvalue weighted by Gasteiger charge is 2.08. The van der Waals surface area contributed by atoms with Gasteiger partial charge in [0.1, 0.15) is 18.1 Å². The second kappa shape index (κ2) is 12.8. The van der Waals surface area contributed by atoms with Crippen LogP contribution in [-0.2, 0) is 16.2 Å². The highest BCUT2D eigenvalue weighted by molar-refractivity contribution is 9.10. The lowest BCUT2D eigenvalue weighted by atomic mass is 10.2. The Morgan fingerprint density at radius 1 is 1.03 bits per heavy atom. The predicted molar refractivity (Wildman–Crippen MR) is 137 cm³/mol. The SMILES string of the molecule is COc1ccc(NC(=O)CCC(=O)NN=Cc2ccc(OCc3ccccc3Cl)c(Br)c2)cc1. The molecule has 0 aliphatic heterocycles. The molecule has 0 saturated carbocycles. The maximum Gasteiger partial charge on any atom is 0.240 e. The molecule has 7 nitrogen and oxygen atoms in total. The summed E-state index contributed by atoms with van der Waals surface area (Å²) in [6, 6.07) is 19.9. The third-order valence-electron chi connectivity index (χ3n) is 4.65. The van der Waals surface area contributed by atoms with Crippen LogP contribution < -0.4 is 20.2 Å². The van der Waals surface area contributed by atoms with E-state index in [9.17, 15) is 9.59 Å². The minimum Gasteiger partial charge on any atom is -0.497 e. The molecule has 0 spiro atoms. The standard InChI is InChI=1S/C25H23BrClN3O4/c1-33-20-9-7-19(8-10-20)29-24(31)12-13-25(32)30-28-15-17-6-11-23(21(26)14-17)34-16-18-4-2-3-5-22(18)27/h2-11,14-15H,12-13,16H2,1H3,(H,29,31)(H,30,32). The summed E-state index contributed by atoms with van der Waals surface area (Å²) in [7, 11) is 1.57. The van der Waals surface area contributed by atoms with Gasteiger partial charge in [0.25, 0.3) is 0 Å². The maximum atomic E-state index is 12.0. The van der Waals surface area contributed by atoms with E-state index in [0.29, 0.717) is 28.8 Å². The lowest BCUT2D eigenvalue weighted by Crippen LogP contribution is -2.20. The fourth-order valence-corrected chi connectivity index (χ4v) is 3.55. The second-order valence-corrected chi connectivity index (χ2v) is 8.40. The van der Waals surface area contributed by atoms with Gasteiger partial charge in [-0.05, 0) is 70.0 Å². The number of benzene rings is 3. The molecule has 3 aromatic rings. The zero-order valence-corrected chi connectivity index (χ0v) is 20.7. The van der Waals surface area contributed by atoms with Crippen LogP contribution in [0, 0.1) is 0 Å². The number of nitrogens with one attached hydrogen (secondary N) is 2. The Labute approximate surface area is 211 Å². The van der Waals surface area contributed by atoms with Crippen molar-refractivity contribution in [3.8, 4) is 11.5 Å². The molecule has 9 heteroatoms. The number of nitrogens with zero attached hydrogens (tertiary/aromatic N) is 1. The molecule has 0 fully saturated rings. The van der Waals surface area contributed by atoms with Crippen LogP contribution in [0.1, 0.15) is 24.0 Å². The van der Waals surface area contributed by atoms with E-state index in [1.165, 1.54) is 6.21 Å². The monoisotopic (exact) mass is 543 g/mol. The number of ether oxygens (including phenoxy) is 2. The van der Waals surface area contributed by atoms with Gasteiger partial charge in [0.2, 0.25) is 11.8 Å². The first kappa shape index (κ1) is 25.3. The first-order chi connectivity index (χ1) is 16.4. The zero-order chi connectivity index (χ0) is 24.3. The molecule has 176 valence electrons. The average molecular weight is 545 g/mol. The predicted octanol–water partition coefficient (Wildman–Crippen LogP) is 5.56. The molecule has 0 radical (unpaired) electrons. The van der Waals surface area contributed by atoms with Crippen molar-refractivity contribution in [1.29, 1.82) is 0 Å². The minimum absolute atomic E-state index is 0.0118. The van der Waals surface area contributed by atoms with Crippen molar-refractivity contribution in [2.24, 2.45) is 5.10 Å². The molecule has 0 unspecified atom stereocenters. The van der Waals surface area contributed by atoms with E-state index in [2.05, 4.69) is 31.8 Å². The van der Waals surface area contributed by atoms with Crippen molar-refractivity contribution in [3.63, 3.8) is 0 Å². The van der Waals surface area contributed by atoms with Gasteiger partial charge >= 0.3 is 0 Å². The third-order valence-corrected chi connectivity index (χ3v) is 5.64. The van der Waals surface area contributed by atoms with E-state index in [4.69, 9.17) is 21.1 Å². The van der Waals surface area contributed by atoms with Crippen LogP contribution in [0.5, 0.6) is 11.5 Å². The van der Waals surface area contributed by atoms with Gasteiger partial charge in [0.05, 0.1) is 17.8 Å². The van der Waals surface area contributed by atoms with E-state index in [0.717, 1.165) is 15.6 Å². The summed E-state index contributed by atoms with van der Waals surface area (Å²) < 4.78 is 11.6. The highest BCUT2D eigenvalue weighted by Crippen LogP contribution is 2.27. The molecule has 2 amide bonds. The summed E-state index contributed by atoms with van der Waals surface area (Å²) in [6.07, 6.45) is 1.56. The summed E-state index contributed by atoms with van der Waals surface area (Å²) in [5.74, 6) is 0.728. The van der Waals surface area contributed by atoms with Gasteiger partial charge < -0.3 is 14.8 Å². The Hall–Kier alpha value is -3.36. The zero-order valence-electron chi connectivity index (χ0n) is 18.4. The fourth-order valence-electron chi connectivity index (χ4n) is 2.85. The van der Waals surface area contributed by atoms with Crippen LogP contribution in [0.2, 0.25) is 5.02 Å². The van der Waals surface area contributed by atoms with E-state index in [1.807, 2.05) is 36.4 Å². The number of hydrogen-bond donors (Lipinski definition) is 2. The lowest BCUT2D eigenvalue weighted by molar-refractivity contribution is -0.124. The average Bonchev–Trinajstić information content (AvgIpc) is 2.83. The molecule has 0 bridgehead atoms. The molecule has 0 aromatic heterocycles. The Morgan fingerprint density at radius 3 is 2.47 bits per heavy atom. The van der Waals surface area contributed by atoms with Crippen molar-refractivity contribution in [1.82, 2.24) is 5.43 Å². The van der Waals surface area contributed by atoms with Gasteiger partial charge in [-0.1, -0.05) is 29.8 Å². The molecular formula is C25H23BrClN3O4. The molecule has 2 N–H and O–H groups in total. The molecule has 0 atom stereocenters. The Balaban J connectivity index is 1.42. The van der Waals surface area contributed by atoms with E-state index in [1.54, 1.807) is 37.4 Å². The van der Waals surface area contributed by atoms with Gasteiger partial charge in [-0.3, -0.25) is 9.59 Å². The smallest absolute Gasteiger partial charge is 0.240 e. The number of carbonyl (C=O) groups excluding carboxylic acids is 2. The molecule has 3 aromatic carbocycles. The topological polar surface area (TPSA) is 89.0 Å². The molecule has 0 saturated heterocycles. The van der Waals surface area contributed by atoms with E-state index in [-0.39, 0.29) is 24.7 Å². The molecule has 0 aliphatic rings. The van der Waals surface area contributed by atoms with Crippen LogP contribution >= 0.6 is 27.5 Å². The van der Waals surface area contributed by atoms with Crippen molar-refractivity contribution < 1.29 is 19.1 Å². The Bertz CT molecular complexity index is 1170. The molecule has 34 heavy (non-hydrogen) atoms. The van der Waals surface area contributed by atoms with Crippen LogP contribution in [0.3, 0.4) is 0 Å². The first-order valence-corrected chi connectivity index (χ1v) is 11.5. The number of rotatable bonds is 10. The summed E-state index contributed by atoms with van der Waals surface area (Å²) >= 11 is 9.63. The molecular weight excluding hydrogens is 522 g/mol. The van der Waals surface area contributed by atoms with Gasteiger partial charge in [-0.2, -0.15) is 5.10 Å². The summed E-state index contributed by atoms with van der Waals surface area (Å²) in [4.78, 5) is 24.0. The molecule has 0 heterocycles. The van der Waals surface area contributed by atoms with E-state index < -0.39 is 0 Å². The number of halogens is 2. The largest absolute Gasteiger partial charge is 0.497 e. The number of carbonyl (C=O) groups is 2. The van der Waals surface area contributed by atoms with Crippen LogP contribution in [-0.4, -0.2) is 25.1 Å². The number of amides is 2. The highest BCUT2D eigenvalue weighted by atomic mass is 79.9. The number of hydrogen-bond acceptors (Lipinski definition) is 5. The van der Waals surface area contributed by atoms with Gasteiger partial charge in [0.15, 0.2) is 0 Å².